The zero-order valence-corrected chi connectivity index (χ0v) is 16.9. The standard InChI is InChI=1S/C20H24N4O3S/c1-15-21-12-17-13-23(19(25)16-6-4-3-5-7-16)14-20(18(17)22-15)8-10-24(11-9-20)28(2,26)27/h3-7,12H,8-11,13-14H2,1-2H3. The lowest BCUT2D eigenvalue weighted by atomic mass is 9.72. The molecule has 0 atom stereocenters. The summed E-state index contributed by atoms with van der Waals surface area (Å²) in [5.41, 5.74) is 2.24. The molecule has 8 heteroatoms. The van der Waals surface area contributed by atoms with Crippen LogP contribution in [0.4, 0.5) is 0 Å². The van der Waals surface area contributed by atoms with E-state index in [1.807, 2.05) is 48.4 Å². The van der Waals surface area contributed by atoms with E-state index in [2.05, 4.69) is 4.98 Å². The maximum absolute atomic E-state index is 13.1. The Morgan fingerprint density at radius 2 is 1.82 bits per heavy atom. The van der Waals surface area contributed by atoms with Crippen LogP contribution in [0.5, 0.6) is 0 Å². The number of aromatic nitrogens is 2. The first-order chi connectivity index (χ1) is 13.3. The number of benzene rings is 1. The predicted molar refractivity (Wildman–Crippen MR) is 105 cm³/mol. The van der Waals surface area contributed by atoms with Gasteiger partial charge in [-0.15, -0.1) is 0 Å². The molecule has 0 N–H and O–H groups in total. The average molecular weight is 401 g/mol. The van der Waals surface area contributed by atoms with Crippen LogP contribution in [0.25, 0.3) is 0 Å². The molecule has 0 unspecified atom stereocenters. The predicted octanol–water partition coefficient (Wildman–Crippen LogP) is 1.73. The van der Waals surface area contributed by atoms with Crippen LogP contribution in [0.1, 0.15) is 40.3 Å². The Balaban J connectivity index is 1.69. The molecule has 1 amide bonds. The van der Waals surface area contributed by atoms with Gasteiger partial charge in [-0.2, -0.15) is 0 Å². The zero-order valence-electron chi connectivity index (χ0n) is 16.1. The SMILES string of the molecule is Cc1ncc2c(n1)C1(CCN(S(C)(=O)=O)CC1)CN(C(=O)c1ccccc1)C2. The third kappa shape index (κ3) is 3.42. The molecule has 1 spiro atoms. The highest BCUT2D eigenvalue weighted by Gasteiger charge is 2.45. The minimum atomic E-state index is -3.22. The summed E-state index contributed by atoms with van der Waals surface area (Å²) < 4.78 is 25.4. The Morgan fingerprint density at radius 1 is 1.14 bits per heavy atom. The molecule has 2 aliphatic rings. The molecule has 0 saturated carbocycles. The van der Waals surface area contributed by atoms with Crippen molar-refractivity contribution < 1.29 is 13.2 Å². The lowest BCUT2D eigenvalue weighted by Gasteiger charge is -2.47. The molecule has 1 fully saturated rings. The third-order valence-electron chi connectivity index (χ3n) is 5.80. The van der Waals surface area contributed by atoms with Crippen LogP contribution < -0.4 is 0 Å². The summed E-state index contributed by atoms with van der Waals surface area (Å²) in [5.74, 6) is 0.684. The van der Waals surface area contributed by atoms with Crippen molar-refractivity contribution in [1.82, 2.24) is 19.2 Å². The van der Waals surface area contributed by atoms with Gasteiger partial charge in [-0.05, 0) is 31.9 Å². The molecule has 28 heavy (non-hydrogen) atoms. The summed E-state index contributed by atoms with van der Waals surface area (Å²) >= 11 is 0. The van der Waals surface area contributed by atoms with Gasteiger partial charge in [0.05, 0.1) is 11.9 Å². The second kappa shape index (κ2) is 6.93. The van der Waals surface area contributed by atoms with Crippen molar-refractivity contribution in [2.45, 2.75) is 31.7 Å². The highest BCUT2D eigenvalue weighted by molar-refractivity contribution is 7.88. The molecule has 1 aromatic heterocycles. The summed E-state index contributed by atoms with van der Waals surface area (Å²) in [6.07, 6.45) is 4.34. The summed E-state index contributed by atoms with van der Waals surface area (Å²) in [7, 11) is -3.22. The van der Waals surface area contributed by atoms with Gasteiger partial charge in [0.25, 0.3) is 5.91 Å². The van der Waals surface area contributed by atoms with E-state index in [0.29, 0.717) is 50.4 Å². The molecule has 0 radical (unpaired) electrons. The highest BCUT2D eigenvalue weighted by Crippen LogP contribution is 2.41. The van der Waals surface area contributed by atoms with Crippen molar-refractivity contribution in [2.24, 2.45) is 0 Å². The van der Waals surface area contributed by atoms with Crippen molar-refractivity contribution in [3.05, 3.63) is 59.2 Å². The van der Waals surface area contributed by atoms with Crippen LogP contribution in [-0.4, -0.2) is 59.4 Å². The van der Waals surface area contributed by atoms with Crippen LogP contribution in [0.15, 0.2) is 36.5 Å². The summed E-state index contributed by atoms with van der Waals surface area (Å²) in [4.78, 5) is 24.0. The first kappa shape index (κ1) is 19.0. The third-order valence-corrected chi connectivity index (χ3v) is 7.10. The van der Waals surface area contributed by atoms with E-state index in [-0.39, 0.29) is 11.3 Å². The maximum Gasteiger partial charge on any atom is 0.254 e. The first-order valence-corrected chi connectivity index (χ1v) is 11.3. The van der Waals surface area contributed by atoms with Crippen LogP contribution >= 0.6 is 0 Å². The highest BCUT2D eigenvalue weighted by atomic mass is 32.2. The number of fused-ring (bicyclic) bond motifs is 2. The zero-order chi connectivity index (χ0) is 19.9. The topological polar surface area (TPSA) is 83.5 Å². The quantitative estimate of drug-likeness (QED) is 0.767. The lowest BCUT2D eigenvalue weighted by molar-refractivity contribution is 0.0612. The van der Waals surface area contributed by atoms with Crippen molar-refractivity contribution in [3.63, 3.8) is 0 Å². The fraction of sp³-hybridized carbons (Fsp3) is 0.450. The number of nitrogens with zero attached hydrogens (tertiary/aromatic N) is 4. The van der Waals surface area contributed by atoms with Gasteiger partial charge in [-0.25, -0.2) is 22.7 Å². The minimum absolute atomic E-state index is 0.0169. The van der Waals surface area contributed by atoms with Crippen LogP contribution in [0.3, 0.4) is 0 Å². The van der Waals surface area contributed by atoms with Crippen molar-refractivity contribution in [1.29, 1.82) is 0 Å². The van der Waals surface area contributed by atoms with Gasteiger partial charge in [0.2, 0.25) is 10.0 Å². The Morgan fingerprint density at radius 3 is 2.46 bits per heavy atom. The Labute approximate surface area is 165 Å². The largest absolute Gasteiger partial charge is 0.333 e. The van der Waals surface area contributed by atoms with Gasteiger partial charge in [-0.3, -0.25) is 4.79 Å². The Kier molecular flexibility index (Phi) is 4.71. The maximum atomic E-state index is 13.1. The molecule has 7 nitrogen and oxygen atoms in total. The van der Waals surface area contributed by atoms with Gasteiger partial charge in [0.1, 0.15) is 5.82 Å². The summed E-state index contributed by atoms with van der Waals surface area (Å²) in [6, 6.07) is 9.25. The second-order valence-electron chi connectivity index (χ2n) is 7.76. The van der Waals surface area contributed by atoms with Crippen molar-refractivity contribution >= 4 is 15.9 Å². The van der Waals surface area contributed by atoms with E-state index in [0.717, 1.165) is 11.3 Å². The molecule has 0 bridgehead atoms. The van der Waals surface area contributed by atoms with Gasteiger partial charge < -0.3 is 4.90 Å². The van der Waals surface area contributed by atoms with Crippen LogP contribution in [0.2, 0.25) is 0 Å². The molecular weight excluding hydrogens is 376 g/mol. The molecule has 2 aliphatic heterocycles. The number of aryl methyl sites for hydroxylation is 1. The number of hydrogen-bond acceptors (Lipinski definition) is 5. The monoisotopic (exact) mass is 400 g/mol. The van der Waals surface area contributed by atoms with Gasteiger partial charge in [0.15, 0.2) is 0 Å². The van der Waals surface area contributed by atoms with E-state index in [9.17, 15) is 13.2 Å². The van der Waals surface area contributed by atoms with Crippen molar-refractivity contribution in [2.75, 3.05) is 25.9 Å². The Bertz CT molecular complexity index is 999. The minimum Gasteiger partial charge on any atom is -0.333 e. The van der Waals surface area contributed by atoms with Gasteiger partial charge >= 0.3 is 0 Å². The van der Waals surface area contributed by atoms with E-state index in [1.165, 1.54) is 10.6 Å². The van der Waals surface area contributed by atoms with E-state index < -0.39 is 10.0 Å². The van der Waals surface area contributed by atoms with E-state index in [4.69, 9.17) is 4.98 Å². The smallest absolute Gasteiger partial charge is 0.254 e. The molecule has 1 aromatic carbocycles. The first-order valence-electron chi connectivity index (χ1n) is 9.41. The molecular formula is C20H24N4O3S. The normalized spacial score (nSPS) is 19.4. The summed E-state index contributed by atoms with van der Waals surface area (Å²) in [5, 5.41) is 0. The number of rotatable bonds is 2. The number of amides is 1. The molecule has 4 rings (SSSR count). The lowest BCUT2D eigenvalue weighted by Crippen LogP contribution is -2.54. The van der Waals surface area contributed by atoms with Crippen LogP contribution in [0, 0.1) is 6.92 Å². The summed E-state index contributed by atoms with van der Waals surface area (Å²) in [6.45, 7) is 3.76. The fourth-order valence-corrected chi connectivity index (χ4v) is 5.17. The van der Waals surface area contributed by atoms with E-state index in [1.54, 1.807) is 0 Å². The molecule has 2 aromatic rings. The number of sulfonamides is 1. The van der Waals surface area contributed by atoms with Crippen LogP contribution in [-0.2, 0) is 22.0 Å². The molecule has 0 aliphatic carbocycles. The number of piperidine rings is 1. The van der Waals surface area contributed by atoms with Gasteiger partial charge in [-0.1, -0.05) is 18.2 Å². The number of carbonyl (C=O) groups excluding carboxylic acids is 1. The number of hydrogen-bond donors (Lipinski definition) is 0. The second-order valence-corrected chi connectivity index (χ2v) is 9.74. The molecule has 148 valence electrons. The van der Waals surface area contributed by atoms with Gasteiger partial charge in [0, 0.05) is 48.9 Å². The molecule has 3 heterocycles. The average Bonchev–Trinajstić information content (AvgIpc) is 2.68. The van der Waals surface area contributed by atoms with Crippen molar-refractivity contribution in [3.8, 4) is 0 Å². The number of carbonyl (C=O) groups is 1. The molecule has 1 saturated heterocycles. The fourth-order valence-electron chi connectivity index (χ4n) is 4.32. The van der Waals surface area contributed by atoms with E-state index >= 15 is 0 Å². The Hall–Kier alpha value is -2.32.